The predicted molar refractivity (Wildman–Crippen MR) is 71.8 cm³/mol. The van der Waals surface area contributed by atoms with Crippen LogP contribution in [-0.2, 0) is 4.84 Å². The highest BCUT2D eigenvalue weighted by Gasteiger charge is 2.43. The van der Waals surface area contributed by atoms with Gasteiger partial charge in [0, 0.05) is 12.1 Å². The van der Waals surface area contributed by atoms with E-state index in [-0.39, 0.29) is 0 Å². The number of hydrogen-bond acceptors (Lipinski definition) is 2. The third-order valence-corrected chi connectivity index (χ3v) is 4.34. The summed E-state index contributed by atoms with van der Waals surface area (Å²) < 4.78 is 0. The second-order valence-corrected chi connectivity index (χ2v) is 5.97. The van der Waals surface area contributed by atoms with Crippen molar-refractivity contribution < 1.29 is 4.84 Å². The van der Waals surface area contributed by atoms with Crippen LogP contribution < -0.4 is 0 Å². The van der Waals surface area contributed by atoms with Gasteiger partial charge in [0.2, 0.25) is 0 Å². The maximum atomic E-state index is 5.84. The zero-order valence-electron chi connectivity index (χ0n) is 11.7. The number of hydroxylamine groups is 2. The van der Waals surface area contributed by atoms with Crippen molar-refractivity contribution in [3.05, 3.63) is 0 Å². The Labute approximate surface area is 107 Å². The molecule has 0 saturated carbocycles. The van der Waals surface area contributed by atoms with E-state index >= 15 is 0 Å². The van der Waals surface area contributed by atoms with Gasteiger partial charge in [0.05, 0.1) is 6.10 Å². The molecule has 2 nitrogen and oxygen atoms in total. The summed E-state index contributed by atoms with van der Waals surface area (Å²) in [5.41, 5.74) is 0. The highest BCUT2D eigenvalue weighted by atomic mass is 16.7. The van der Waals surface area contributed by atoms with Crippen molar-refractivity contribution in [2.45, 2.75) is 96.2 Å². The molecule has 2 heterocycles. The lowest BCUT2D eigenvalue weighted by molar-refractivity contribution is -0.131. The molecule has 0 amide bonds. The van der Waals surface area contributed by atoms with E-state index in [1.807, 2.05) is 0 Å². The van der Waals surface area contributed by atoms with Gasteiger partial charge in [-0.3, -0.25) is 4.84 Å². The van der Waals surface area contributed by atoms with E-state index in [0.717, 1.165) is 6.04 Å². The summed E-state index contributed by atoms with van der Waals surface area (Å²) in [6.45, 7) is 4.58. The van der Waals surface area contributed by atoms with Crippen LogP contribution in [0, 0.1) is 0 Å². The average Bonchev–Trinajstić information content (AvgIpc) is 2.86. The second kappa shape index (κ2) is 6.75. The summed E-state index contributed by atoms with van der Waals surface area (Å²) in [6, 6.07) is 1.41. The number of piperidine rings is 1. The van der Waals surface area contributed by atoms with Crippen LogP contribution in [-0.4, -0.2) is 23.3 Å². The molecular formula is C15H29NO. The van der Waals surface area contributed by atoms with Gasteiger partial charge in [0.15, 0.2) is 0 Å². The first-order chi connectivity index (χ1) is 8.31. The predicted octanol–water partition coefficient (Wildman–Crippen LogP) is 4.29. The highest BCUT2D eigenvalue weighted by molar-refractivity contribution is 4.89. The third-order valence-electron chi connectivity index (χ3n) is 4.34. The molecule has 0 aromatic carbocycles. The Balaban J connectivity index is 1.49. The van der Waals surface area contributed by atoms with E-state index in [0.29, 0.717) is 12.1 Å². The number of fused-ring (bicyclic) bond motifs is 2. The molecular weight excluding hydrogens is 210 g/mol. The summed E-state index contributed by atoms with van der Waals surface area (Å²) in [6.07, 6.45) is 14.4. The van der Waals surface area contributed by atoms with Gasteiger partial charge in [-0.2, -0.15) is 5.06 Å². The molecule has 2 aliphatic rings. The normalized spacial score (nSPS) is 35.6. The van der Waals surface area contributed by atoms with E-state index in [2.05, 4.69) is 18.9 Å². The van der Waals surface area contributed by atoms with Gasteiger partial charge in [-0.15, -0.1) is 0 Å². The van der Waals surface area contributed by atoms with E-state index in [9.17, 15) is 0 Å². The molecule has 0 radical (unpaired) electrons. The zero-order chi connectivity index (χ0) is 12.1. The van der Waals surface area contributed by atoms with E-state index in [1.165, 1.54) is 64.2 Å². The van der Waals surface area contributed by atoms with Crippen LogP contribution in [0.5, 0.6) is 0 Å². The third kappa shape index (κ3) is 3.69. The highest BCUT2D eigenvalue weighted by Crippen LogP contribution is 2.37. The Morgan fingerprint density at radius 1 is 1.00 bits per heavy atom. The molecule has 0 aromatic rings. The maximum Gasteiger partial charge on any atom is 0.0825 e. The summed E-state index contributed by atoms with van der Waals surface area (Å²) in [4.78, 5) is 5.84. The Morgan fingerprint density at radius 3 is 2.35 bits per heavy atom. The van der Waals surface area contributed by atoms with Crippen LogP contribution in [0.3, 0.4) is 0 Å². The molecule has 1 unspecified atom stereocenters. The van der Waals surface area contributed by atoms with Crippen LogP contribution >= 0.6 is 0 Å². The lowest BCUT2D eigenvalue weighted by atomic mass is 9.95. The quantitative estimate of drug-likeness (QED) is 0.586. The SMILES string of the molecule is CCCCCCCCC[C@@H]1C[C@H]2C[C@H](C)N1O2. The minimum absolute atomic E-state index is 0.555. The van der Waals surface area contributed by atoms with Gasteiger partial charge in [0.25, 0.3) is 0 Å². The van der Waals surface area contributed by atoms with Gasteiger partial charge < -0.3 is 0 Å². The molecule has 2 saturated heterocycles. The molecule has 2 bridgehead atoms. The monoisotopic (exact) mass is 239 g/mol. The van der Waals surface area contributed by atoms with Gasteiger partial charge >= 0.3 is 0 Å². The van der Waals surface area contributed by atoms with Crippen molar-refractivity contribution in [2.75, 3.05) is 0 Å². The fourth-order valence-electron chi connectivity index (χ4n) is 3.38. The Morgan fingerprint density at radius 2 is 1.71 bits per heavy atom. The Bertz CT molecular complexity index is 219. The van der Waals surface area contributed by atoms with E-state index in [4.69, 9.17) is 4.84 Å². The van der Waals surface area contributed by atoms with Gasteiger partial charge in [-0.1, -0.05) is 51.9 Å². The minimum atomic E-state index is 0.555. The average molecular weight is 239 g/mol. The number of rotatable bonds is 8. The molecule has 0 N–H and O–H groups in total. The van der Waals surface area contributed by atoms with Crippen LogP contribution in [0.4, 0.5) is 0 Å². The van der Waals surface area contributed by atoms with Crippen molar-refractivity contribution in [1.82, 2.24) is 5.06 Å². The molecule has 0 spiro atoms. The van der Waals surface area contributed by atoms with Crippen molar-refractivity contribution in [2.24, 2.45) is 0 Å². The largest absolute Gasteiger partial charge is 0.295 e. The summed E-state index contributed by atoms with van der Waals surface area (Å²) in [5.74, 6) is 0. The van der Waals surface area contributed by atoms with E-state index < -0.39 is 0 Å². The van der Waals surface area contributed by atoms with E-state index in [1.54, 1.807) is 0 Å². The topological polar surface area (TPSA) is 12.5 Å². The molecule has 2 heteroatoms. The first-order valence-electron chi connectivity index (χ1n) is 7.76. The first-order valence-corrected chi connectivity index (χ1v) is 7.76. The van der Waals surface area contributed by atoms with Crippen molar-refractivity contribution in [3.63, 3.8) is 0 Å². The van der Waals surface area contributed by atoms with Gasteiger partial charge in [-0.25, -0.2) is 0 Å². The molecule has 100 valence electrons. The summed E-state index contributed by atoms with van der Waals surface area (Å²) >= 11 is 0. The maximum absolute atomic E-state index is 5.84. The zero-order valence-corrected chi connectivity index (χ0v) is 11.7. The number of hydrogen-bond donors (Lipinski definition) is 0. The van der Waals surface area contributed by atoms with Crippen molar-refractivity contribution in [1.29, 1.82) is 0 Å². The minimum Gasteiger partial charge on any atom is -0.295 e. The molecule has 0 aromatic heterocycles. The molecule has 2 fully saturated rings. The van der Waals surface area contributed by atoms with Gasteiger partial charge in [0.1, 0.15) is 0 Å². The lowest BCUT2D eigenvalue weighted by Crippen LogP contribution is -2.35. The lowest BCUT2D eigenvalue weighted by Gasteiger charge is -2.26. The fourth-order valence-corrected chi connectivity index (χ4v) is 3.38. The second-order valence-electron chi connectivity index (χ2n) is 5.97. The fraction of sp³-hybridized carbons (Fsp3) is 1.00. The van der Waals surface area contributed by atoms with Crippen molar-refractivity contribution in [3.8, 4) is 0 Å². The summed E-state index contributed by atoms with van der Waals surface area (Å²) in [7, 11) is 0. The molecule has 0 aliphatic carbocycles. The number of nitrogens with zero attached hydrogens (tertiary/aromatic N) is 1. The van der Waals surface area contributed by atoms with Crippen molar-refractivity contribution >= 4 is 0 Å². The van der Waals surface area contributed by atoms with Crippen LogP contribution in [0.15, 0.2) is 0 Å². The molecule has 2 aliphatic heterocycles. The number of unbranched alkanes of at least 4 members (excludes halogenated alkanes) is 6. The van der Waals surface area contributed by atoms with Crippen LogP contribution in [0.25, 0.3) is 0 Å². The smallest absolute Gasteiger partial charge is 0.0825 e. The molecule has 17 heavy (non-hydrogen) atoms. The van der Waals surface area contributed by atoms with Crippen LogP contribution in [0.1, 0.15) is 78.1 Å². The Kier molecular flexibility index (Phi) is 5.30. The van der Waals surface area contributed by atoms with Crippen LogP contribution in [0.2, 0.25) is 0 Å². The Hall–Kier alpha value is -0.0800. The standard InChI is InChI=1S/C15H29NO/c1-3-4-5-6-7-8-9-10-14-12-15-11-13(2)16(14)17-15/h13-15H,3-12H2,1-2H3/t13-,14+,15+/m0/s1. The first kappa shape index (κ1) is 13.4. The van der Waals surface area contributed by atoms with Gasteiger partial charge in [-0.05, 0) is 26.2 Å². The summed E-state index contributed by atoms with van der Waals surface area (Å²) in [5, 5.41) is 2.29. The molecule has 2 rings (SSSR count). The molecule has 4 atom stereocenters.